The van der Waals surface area contributed by atoms with Crippen LogP contribution in [0, 0.1) is 6.92 Å². The molecule has 0 unspecified atom stereocenters. The van der Waals surface area contributed by atoms with E-state index in [0.29, 0.717) is 18.7 Å². The van der Waals surface area contributed by atoms with Crippen molar-refractivity contribution in [2.45, 2.75) is 18.2 Å². The van der Waals surface area contributed by atoms with Gasteiger partial charge in [0.25, 0.3) is 5.91 Å². The fraction of sp³-hybridized carbons (Fsp3) is 0.333. The number of hydrogen-bond donors (Lipinski definition) is 1. The van der Waals surface area contributed by atoms with Crippen LogP contribution in [-0.4, -0.2) is 62.2 Å². The lowest BCUT2D eigenvalue weighted by molar-refractivity contribution is -0.132. The maximum Gasteiger partial charge on any atom is 0.251 e. The fourth-order valence-electron chi connectivity index (χ4n) is 3.17. The van der Waals surface area contributed by atoms with E-state index in [1.807, 2.05) is 13.0 Å². The highest BCUT2D eigenvalue weighted by Crippen LogP contribution is 2.18. The first-order valence-electron chi connectivity index (χ1n) is 9.56. The number of benzene rings is 2. The molecular formula is C21H25N3O4S. The van der Waals surface area contributed by atoms with Crippen LogP contribution < -0.4 is 5.32 Å². The first-order chi connectivity index (χ1) is 13.9. The molecule has 0 aliphatic carbocycles. The Morgan fingerprint density at radius 2 is 1.55 bits per heavy atom. The van der Waals surface area contributed by atoms with E-state index in [2.05, 4.69) is 5.32 Å². The number of rotatable bonds is 6. The Morgan fingerprint density at radius 3 is 2.17 bits per heavy atom. The van der Waals surface area contributed by atoms with Gasteiger partial charge in [0.1, 0.15) is 0 Å². The monoisotopic (exact) mass is 415 g/mol. The molecule has 0 spiro atoms. The van der Waals surface area contributed by atoms with Crippen molar-refractivity contribution in [1.29, 1.82) is 0 Å². The maximum absolute atomic E-state index is 12.7. The van der Waals surface area contributed by atoms with E-state index >= 15 is 0 Å². The van der Waals surface area contributed by atoms with Crippen LogP contribution in [0.5, 0.6) is 0 Å². The van der Waals surface area contributed by atoms with E-state index in [9.17, 15) is 18.0 Å². The number of nitrogens with one attached hydrogen (secondary N) is 1. The summed E-state index contributed by atoms with van der Waals surface area (Å²) in [6, 6.07) is 15.6. The number of nitrogens with zero attached hydrogens (tertiary/aromatic N) is 2. The smallest absolute Gasteiger partial charge is 0.251 e. The minimum atomic E-state index is -3.55. The van der Waals surface area contributed by atoms with Crippen LogP contribution in [0.3, 0.4) is 0 Å². The Hall–Kier alpha value is -2.71. The second-order valence-corrected chi connectivity index (χ2v) is 8.91. The van der Waals surface area contributed by atoms with Crippen LogP contribution in [0.1, 0.15) is 22.3 Å². The highest BCUT2D eigenvalue weighted by atomic mass is 32.2. The molecule has 2 aromatic rings. The largest absolute Gasteiger partial charge is 0.352 e. The second-order valence-electron chi connectivity index (χ2n) is 6.97. The van der Waals surface area contributed by atoms with Gasteiger partial charge in [-0.2, -0.15) is 4.31 Å². The number of aryl methyl sites for hydroxylation is 1. The Morgan fingerprint density at radius 1 is 0.931 bits per heavy atom. The molecule has 7 nitrogen and oxygen atoms in total. The number of carbonyl (C=O) groups excluding carboxylic acids is 2. The number of piperazine rings is 1. The lowest BCUT2D eigenvalue weighted by atomic mass is 10.2. The zero-order valence-corrected chi connectivity index (χ0v) is 17.2. The van der Waals surface area contributed by atoms with Crippen molar-refractivity contribution in [3.8, 4) is 0 Å². The van der Waals surface area contributed by atoms with Gasteiger partial charge in [0.15, 0.2) is 0 Å². The van der Waals surface area contributed by atoms with Crippen molar-refractivity contribution in [1.82, 2.24) is 14.5 Å². The van der Waals surface area contributed by atoms with E-state index in [1.54, 1.807) is 53.4 Å². The SMILES string of the molecule is Cc1ccc(S(=O)(=O)N2CCN(C(=O)CCNC(=O)c3ccccc3)CC2)cc1. The molecule has 1 fully saturated rings. The molecule has 1 aliphatic heterocycles. The number of sulfonamides is 1. The quantitative estimate of drug-likeness (QED) is 0.777. The molecule has 0 radical (unpaired) electrons. The van der Waals surface area contributed by atoms with E-state index in [1.165, 1.54) is 4.31 Å². The molecule has 0 atom stereocenters. The van der Waals surface area contributed by atoms with Crippen LogP contribution >= 0.6 is 0 Å². The lowest BCUT2D eigenvalue weighted by Gasteiger charge is -2.34. The Kier molecular flexibility index (Phi) is 6.66. The highest BCUT2D eigenvalue weighted by Gasteiger charge is 2.29. The number of carbonyl (C=O) groups is 2. The van der Waals surface area contributed by atoms with Crippen molar-refractivity contribution in [2.24, 2.45) is 0 Å². The molecule has 2 amide bonds. The topological polar surface area (TPSA) is 86.8 Å². The van der Waals surface area contributed by atoms with Gasteiger partial charge in [0.2, 0.25) is 15.9 Å². The predicted molar refractivity (Wildman–Crippen MR) is 110 cm³/mol. The molecule has 29 heavy (non-hydrogen) atoms. The molecular weight excluding hydrogens is 390 g/mol. The van der Waals surface area contributed by atoms with E-state index in [4.69, 9.17) is 0 Å². The summed E-state index contributed by atoms with van der Waals surface area (Å²) in [7, 11) is -3.55. The third-order valence-corrected chi connectivity index (χ3v) is 6.82. The Labute approximate surface area is 171 Å². The summed E-state index contributed by atoms with van der Waals surface area (Å²) in [5, 5.41) is 2.74. The van der Waals surface area contributed by atoms with Crippen molar-refractivity contribution < 1.29 is 18.0 Å². The van der Waals surface area contributed by atoms with Crippen LogP contribution in [0.2, 0.25) is 0 Å². The molecule has 8 heteroatoms. The molecule has 2 aromatic carbocycles. The van der Waals surface area contributed by atoms with E-state index < -0.39 is 10.0 Å². The highest BCUT2D eigenvalue weighted by molar-refractivity contribution is 7.89. The van der Waals surface area contributed by atoms with Gasteiger partial charge in [-0.1, -0.05) is 35.9 Å². The average Bonchev–Trinajstić information content (AvgIpc) is 2.74. The summed E-state index contributed by atoms with van der Waals surface area (Å²) >= 11 is 0. The third-order valence-electron chi connectivity index (χ3n) is 4.91. The summed E-state index contributed by atoms with van der Waals surface area (Å²) in [5.74, 6) is -0.307. The number of hydrogen-bond acceptors (Lipinski definition) is 4. The van der Waals surface area contributed by atoms with Crippen LogP contribution in [0.4, 0.5) is 0 Å². The van der Waals surface area contributed by atoms with Crippen LogP contribution in [-0.2, 0) is 14.8 Å². The molecule has 1 N–H and O–H groups in total. The third kappa shape index (κ3) is 5.21. The number of amides is 2. The van der Waals surface area contributed by atoms with Gasteiger partial charge in [-0.05, 0) is 31.2 Å². The summed E-state index contributed by atoms with van der Waals surface area (Å²) in [4.78, 5) is 26.3. The summed E-state index contributed by atoms with van der Waals surface area (Å²) in [6.45, 7) is 3.36. The zero-order chi connectivity index (χ0) is 20.9. The van der Waals surface area contributed by atoms with Gasteiger partial charge < -0.3 is 10.2 Å². The van der Waals surface area contributed by atoms with E-state index in [0.717, 1.165) is 5.56 Å². The zero-order valence-electron chi connectivity index (χ0n) is 16.4. The molecule has 0 bridgehead atoms. The van der Waals surface area contributed by atoms with Gasteiger partial charge in [-0.25, -0.2) is 8.42 Å². The summed E-state index contributed by atoms with van der Waals surface area (Å²) < 4.78 is 26.9. The summed E-state index contributed by atoms with van der Waals surface area (Å²) in [6.07, 6.45) is 0.184. The molecule has 0 aromatic heterocycles. The average molecular weight is 416 g/mol. The van der Waals surface area contributed by atoms with Gasteiger partial charge >= 0.3 is 0 Å². The first kappa shape index (κ1) is 21.0. The maximum atomic E-state index is 12.7. The minimum absolute atomic E-state index is 0.0919. The van der Waals surface area contributed by atoms with Crippen LogP contribution in [0.15, 0.2) is 59.5 Å². The Bertz CT molecular complexity index is 951. The van der Waals surface area contributed by atoms with Crippen molar-refractivity contribution in [2.75, 3.05) is 32.7 Å². The Balaban J connectivity index is 1.47. The molecule has 1 aliphatic rings. The molecule has 154 valence electrons. The van der Waals surface area contributed by atoms with Crippen molar-refractivity contribution >= 4 is 21.8 Å². The van der Waals surface area contributed by atoms with Gasteiger partial charge in [0, 0.05) is 44.7 Å². The van der Waals surface area contributed by atoms with Gasteiger partial charge in [0.05, 0.1) is 4.90 Å². The standard InChI is InChI=1S/C21H25N3O4S/c1-17-7-9-19(10-8-17)29(27,28)24-15-13-23(14-16-24)20(25)11-12-22-21(26)18-5-3-2-4-6-18/h2-10H,11-16H2,1H3,(H,22,26). The van der Waals surface area contributed by atoms with E-state index in [-0.39, 0.29) is 42.8 Å². The van der Waals surface area contributed by atoms with Gasteiger partial charge in [-0.3, -0.25) is 9.59 Å². The predicted octanol–water partition coefficient (Wildman–Crippen LogP) is 1.65. The normalized spacial score (nSPS) is 15.1. The van der Waals surface area contributed by atoms with Crippen molar-refractivity contribution in [3.05, 3.63) is 65.7 Å². The van der Waals surface area contributed by atoms with Crippen LogP contribution in [0.25, 0.3) is 0 Å². The first-order valence-corrected chi connectivity index (χ1v) is 11.0. The minimum Gasteiger partial charge on any atom is -0.352 e. The lowest BCUT2D eigenvalue weighted by Crippen LogP contribution is -2.50. The molecule has 3 rings (SSSR count). The molecule has 1 saturated heterocycles. The van der Waals surface area contributed by atoms with Crippen molar-refractivity contribution in [3.63, 3.8) is 0 Å². The second kappa shape index (κ2) is 9.19. The molecule has 1 heterocycles. The fourth-order valence-corrected chi connectivity index (χ4v) is 4.59. The summed E-state index contributed by atoms with van der Waals surface area (Å²) in [5.41, 5.74) is 1.55. The molecule has 0 saturated carbocycles. The van der Waals surface area contributed by atoms with Gasteiger partial charge in [-0.15, -0.1) is 0 Å².